The van der Waals surface area contributed by atoms with Gasteiger partial charge in [-0.15, -0.1) is 0 Å². The molecule has 0 bridgehead atoms. The van der Waals surface area contributed by atoms with Crippen molar-refractivity contribution in [1.29, 1.82) is 0 Å². The number of rotatable bonds is 7. The van der Waals surface area contributed by atoms with E-state index < -0.39 is 22.5 Å². The maximum atomic E-state index is 13.3. The van der Waals surface area contributed by atoms with Crippen LogP contribution in [0, 0.1) is 6.92 Å². The fraction of sp³-hybridized carbons (Fsp3) is 0.136. The highest BCUT2D eigenvalue weighted by Gasteiger charge is 2.27. The molecule has 0 aliphatic heterocycles. The Morgan fingerprint density at radius 3 is 2.30 bits per heavy atom. The summed E-state index contributed by atoms with van der Waals surface area (Å²) < 4.78 is 32.7. The molecule has 0 saturated carbocycles. The summed E-state index contributed by atoms with van der Waals surface area (Å²) in [6.07, 6.45) is 0. The SMILES string of the molecule is COc1ccc(N(CC(=O)Nc2ccc(C)c(Cl)c2)S(=O)(=O)c2ccccc2)cc1. The highest BCUT2D eigenvalue weighted by molar-refractivity contribution is 7.92. The van der Waals surface area contributed by atoms with Gasteiger partial charge in [-0.1, -0.05) is 35.9 Å². The highest BCUT2D eigenvalue weighted by atomic mass is 35.5. The van der Waals surface area contributed by atoms with Gasteiger partial charge in [-0.05, 0) is 61.0 Å². The molecular weight excluding hydrogens is 424 g/mol. The second kappa shape index (κ2) is 9.19. The first-order valence-corrected chi connectivity index (χ1v) is 10.9. The first-order chi connectivity index (χ1) is 14.3. The standard InChI is InChI=1S/C22H21ClN2O4S/c1-16-8-9-17(14-21(16)23)24-22(26)15-25(18-10-12-19(29-2)13-11-18)30(27,28)20-6-4-3-5-7-20/h3-14H,15H2,1-2H3,(H,24,26). The summed E-state index contributed by atoms with van der Waals surface area (Å²) in [6, 6.07) is 19.5. The van der Waals surface area contributed by atoms with Crippen molar-refractivity contribution < 1.29 is 17.9 Å². The number of nitrogens with one attached hydrogen (secondary N) is 1. The van der Waals surface area contributed by atoms with E-state index in [-0.39, 0.29) is 4.90 Å². The second-order valence-electron chi connectivity index (χ2n) is 6.53. The summed E-state index contributed by atoms with van der Waals surface area (Å²) in [4.78, 5) is 12.8. The molecule has 0 fully saturated rings. The molecule has 3 rings (SSSR count). The number of amides is 1. The number of ether oxygens (including phenoxy) is 1. The van der Waals surface area contributed by atoms with Crippen LogP contribution in [0.5, 0.6) is 5.75 Å². The summed E-state index contributed by atoms with van der Waals surface area (Å²) in [5, 5.41) is 3.21. The number of hydrogen-bond acceptors (Lipinski definition) is 4. The van der Waals surface area contributed by atoms with E-state index in [0.29, 0.717) is 22.1 Å². The van der Waals surface area contributed by atoms with E-state index in [1.165, 1.54) is 19.2 Å². The Bertz CT molecular complexity index is 1130. The van der Waals surface area contributed by atoms with E-state index in [4.69, 9.17) is 16.3 Å². The molecule has 0 aromatic heterocycles. The van der Waals surface area contributed by atoms with Crippen molar-refractivity contribution in [2.45, 2.75) is 11.8 Å². The van der Waals surface area contributed by atoms with Crippen LogP contribution in [0.3, 0.4) is 0 Å². The topological polar surface area (TPSA) is 75.7 Å². The Kier molecular flexibility index (Phi) is 6.64. The van der Waals surface area contributed by atoms with Gasteiger partial charge in [0.25, 0.3) is 10.0 Å². The van der Waals surface area contributed by atoms with Crippen molar-refractivity contribution in [3.05, 3.63) is 83.4 Å². The van der Waals surface area contributed by atoms with Gasteiger partial charge >= 0.3 is 0 Å². The molecule has 0 aliphatic rings. The van der Waals surface area contributed by atoms with E-state index >= 15 is 0 Å². The summed E-state index contributed by atoms with van der Waals surface area (Å²) in [7, 11) is -2.45. The molecule has 6 nitrogen and oxygen atoms in total. The molecule has 30 heavy (non-hydrogen) atoms. The number of benzene rings is 3. The lowest BCUT2D eigenvalue weighted by Gasteiger charge is -2.24. The molecule has 0 aliphatic carbocycles. The van der Waals surface area contributed by atoms with Crippen LogP contribution in [0.4, 0.5) is 11.4 Å². The zero-order valence-electron chi connectivity index (χ0n) is 16.5. The van der Waals surface area contributed by atoms with Crippen molar-refractivity contribution in [2.24, 2.45) is 0 Å². The minimum absolute atomic E-state index is 0.0898. The number of anilines is 2. The fourth-order valence-corrected chi connectivity index (χ4v) is 4.41. The predicted octanol–water partition coefficient (Wildman–Crippen LogP) is 4.49. The molecule has 0 spiro atoms. The molecule has 0 radical (unpaired) electrons. The molecule has 0 atom stereocenters. The van der Waals surface area contributed by atoms with E-state index in [1.54, 1.807) is 60.7 Å². The van der Waals surface area contributed by atoms with Crippen molar-refractivity contribution in [1.82, 2.24) is 0 Å². The number of carbonyl (C=O) groups excluding carboxylic acids is 1. The molecule has 0 saturated heterocycles. The predicted molar refractivity (Wildman–Crippen MR) is 119 cm³/mol. The second-order valence-corrected chi connectivity index (χ2v) is 8.80. The monoisotopic (exact) mass is 444 g/mol. The number of nitrogens with zero attached hydrogens (tertiary/aromatic N) is 1. The van der Waals surface area contributed by atoms with Crippen LogP contribution in [0.15, 0.2) is 77.7 Å². The Morgan fingerprint density at radius 2 is 1.70 bits per heavy atom. The quantitative estimate of drug-likeness (QED) is 0.582. The largest absolute Gasteiger partial charge is 0.497 e. The Labute approximate surface area is 181 Å². The Hall–Kier alpha value is -3.03. The molecule has 1 N–H and O–H groups in total. The molecular formula is C22H21ClN2O4S. The molecule has 8 heteroatoms. The van der Waals surface area contributed by atoms with Crippen molar-refractivity contribution in [3.8, 4) is 5.75 Å². The summed E-state index contributed by atoms with van der Waals surface area (Å²) in [5.41, 5.74) is 1.71. The van der Waals surface area contributed by atoms with Gasteiger partial charge in [0, 0.05) is 10.7 Å². The lowest BCUT2D eigenvalue weighted by Crippen LogP contribution is -2.38. The van der Waals surface area contributed by atoms with Crippen LogP contribution in [0.25, 0.3) is 0 Å². The molecule has 0 heterocycles. The van der Waals surface area contributed by atoms with Crippen LogP contribution in [0.1, 0.15) is 5.56 Å². The number of carbonyl (C=O) groups is 1. The number of methoxy groups -OCH3 is 1. The first kappa shape index (κ1) is 21.7. The third-order valence-corrected chi connectivity index (χ3v) is 6.63. The lowest BCUT2D eigenvalue weighted by atomic mass is 10.2. The van der Waals surface area contributed by atoms with Gasteiger partial charge in [-0.3, -0.25) is 9.10 Å². The van der Waals surface area contributed by atoms with Crippen LogP contribution in [-0.2, 0) is 14.8 Å². The van der Waals surface area contributed by atoms with Crippen molar-refractivity contribution in [3.63, 3.8) is 0 Å². The first-order valence-electron chi connectivity index (χ1n) is 9.09. The minimum atomic E-state index is -3.97. The van der Waals surface area contributed by atoms with E-state index in [1.807, 2.05) is 6.92 Å². The third kappa shape index (κ3) is 4.93. The summed E-state index contributed by atoms with van der Waals surface area (Å²) >= 11 is 6.11. The summed E-state index contributed by atoms with van der Waals surface area (Å²) in [6.45, 7) is 1.45. The third-order valence-electron chi connectivity index (χ3n) is 4.43. The van der Waals surface area contributed by atoms with Gasteiger partial charge in [0.15, 0.2) is 0 Å². The normalized spacial score (nSPS) is 11.0. The Morgan fingerprint density at radius 1 is 1.03 bits per heavy atom. The average molecular weight is 445 g/mol. The highest BCUT2D eigenvalue weighted by Crippen LogP contribution is 2.26. The van der Waals surface area contributed by atoms with Crippen LogP contribution < -0.4 is 14.4 Å². The molecule has 1 amide bonds. The van der Waals surface area contributed by atoms with Gasteiger partial charge in [-0.2, -0.15) is 0 Å². The number of aryl methyl sites for hydroxylation is 1. The van der Waals surface area contributed by atoms with Gasteiger partial charge in [0.05, 0.1) is 17.7 Å². The van der Waals surface area contributed by atoms with Crippen LogP contribution in [0.2, 0.25) is 5.02 Å². The van der Waals surface area contributed by atoms with Crippen LogP contribution >= 0.6 is 11.6 Å². The van der Waals surface area contributed by atoms with E-state index in [9.17, 15) is 13.2 Å². The minimum Gasteiger partial charge on any atom is -0.497 e. The molecule has 3 aromatic carbocycles. The van der Waals surface area contributed by atoms with Gasteiger partial charge in [0.1, 0.15) is 12.3 Å². The maximum Gasteiger partial charge on any atom is 0.264 e. The number of halogens is 1. The number of hydrogen-bond donors (Lipinski definition) is 1. The maximum absolute atomic E-state index is 13.3. The molecule has 156 valence electrons. The lowest BCUT2D eigenvalue weighted by molar-refractivity contribution is -0.114. The molecule has 3 aromatic rings. The van der Waals surface area contributed by atoms with Gasteiger partial charge < -0.3 is 10.1 Å². The zero-order chi connectivity index (χ0) is 21.7. The zero-order valence-corrected chi connectivity index (χ0v) is 18.1. The number of sulfonamides is 1. The van der Waals surface area contributed by atoms with Gasteiger partial charge in [0.2, 0.25) is 5.91 Å². The van der Waals surface area contributed by atoms with Crippen molar-refractivity contribution in [2.75, 3.05) is 23.3 Å². The van der Waals surface area contributed by atoms with Crippen molar-refractivity contribution >= 4 is 38.9 Å². The fourth-order valence-electron chi connectivity index (χ4n) is 2.78. The average Bonchev–Trinajstić information content (AvgIpc) is 2.75. The van der Waals surface area contributed by atoms with E-state index in [0.717, 1.165) is 9.87 Å². The Balaban J connectivity index is 1.92. The smallest absolute Gasteiger partial charge is 0.264 e. The molecule has 0 unspecified atom stereocenters. The van der Waals surface area contributed by atoms with E-state index in [2.05, 4.69) is 5.32 Å². The van der Waals surface area contributed by atoms with Crippen LogP contribution in [-0.4, -0.2) is 28.0 Å². The summed E-state index contributed by atoms with van der Waals surface area (Å²) in [5.74, 6) is 0.0831. The van der Waals surface area contributed by atoms with Gasteiger partial charge in [-0.25, -0.2) is 8.42 Å².